The Bertz CT molecular complexity index is 395. The van der Waals surface area contributed by atoms with Gasteiger partial charge in [0.1, 0.15) is 5.84 Å². The summed E-state index contributed by atoms with van der Waals surface area (Å²) in [6, 6.07) is 7.82. The van der Waals surface area contributed by atoms with Crippen molar-refractivity contribution in [1.82, 2.24) is 5.32 Å². The molecule has 1 aromatic rings. The van der Waals surface area contributed by atoms with Crippen LogP contribution < -0.4 is 11.1 Å². The third-order valence-electron chi connectivity index (χ3n) is 2.72. The van der Waals surface area contributed by atoms with Crippen molar-refractivity contribution >= 4 is 17.4 Å². The van der Waals surface area contributed by atoms with E-state index in [4.69, 9.17) is 22.5 Å². The molecule has 4 nitrogen and oxygen atoms in total. The van der Waals surface area contributed by atoms with Gasteiger partial charge in [0.05, 0.1) is 0 Å². The zero-order valence-electron chi connectivity index (χ0n) is 10.0. The lowest BCUT2D eigenvalue weighted by atomic mass is 10.1. The summed E-state index contributed by atoms with van der Waals surface area (Å²) in [4.78, 5) is 0. The van der Waals surface area contributed by atoms with Crippen LogP contribution in [0, 0.1) is 5.92 Å². The molecule has 5 heteroatoms. The summed E-state index contributed by atoms with van der Waals surface area (Å²) in [7, 11) is 0. The first-order valence-electron chi connectivity index (χ1n) is 5.51. The molecule has 0 heterocycles. The van der Waals surface area contributed by atoms with Crippen LogP contribution in [0.25, 0.3) is 0 Å². The zero-order chi connectivity index (χ0) is 12.8. The number of amidine groups is 1. The Hall–Kier alpha value is -1.26. The van der Waals surface area contributed by atoms with Crippen LogP contribution in [-0.4, -0.2) is 17.6 Å². The maximum atomic E-state index is 8.55. The average Bonchev–Trinajstić information content (AvgIpc) is 2.35. The molecule has 2 atom stereocenters. The van der Waals surface area contributed by atoms with E-state index < -0.39 is 0 Å². The highest BCUT2D eigenvalue weighted by atomic mass is 35.5. The van der Waals surface area contributed by atoms with E-state index in [1.807, 2.05) is 38.1 Å². The number of hydrogen-bond acceptors (Lipinski definition) is 3. The molecule has 0 bridgehead atoms. The van der Waals surface area contributed by atoms with E-state index in [0.29, 0.717) is 6.54 Å². The lowest BCUT2D eigenvalue weighted by Crippen LogP contribution is -2.32. The smallest absolute Gasteiger partial charge is 0.143 e. The van der Waals surface area contributed by atoms with Crippen LogP contribution in [0.2, 0.25) is 5.02 Å². The Balaban J connectivity index is 2.56. The first-order valence-corrected chi connectivity index (χ1v) is 5.89. The summed E-state index contributed by atoms with van der Waals surface area (Å²) in [5, 5.41) is 15.6. The minimum absolute atomic E-state index is 0.0232. The van der Waals surface area contributed by atoms with Gasteiger partial charge < -0.3 is 16.3 Å². The van der Waals surface area contributed by atoms with E-state index in [0.717, 1.165) is 10.6 Å². The molecule has 17 heavy (non-hydrogen) atoms. The van der Waals surface area contributed by atoms with E-state index in [2.05, 4.69) is 10.5 Å². The van der Waals surface area contributed by atoms with E-state index in [-0.39, 0.29) is 17.8 Å². The fraction of sp³-hybridized carbons (Fsp3) is 0.417. The number of hydrogen-bond donors (Lipinski definition) is 3. The number of oxime groups is 1. The quantitative estimate of drug-likeness (QED) is 0.327. The molecule has 0 fully saturated rings. The van der Waals surface area contributed by atoms with Crippen molar-refractivity contribution in [2.24, 2.45) is 16.8 Å². The molecule has 2 unspecified atom stereocenters. The Kier molecular flexibility index (Phi) is 5.25. The second-order valence-electron chi connectivity index (χ2n) is 4.08. The highest BCUT2D eigenvalue weighted by molar-refractivity contribution is 6.31. The van der Waals surface area contributed by atoms with Gasteiger partial charge >= 0.3 is 0 Å². The zero-order valence-corrected chi connectivity index (χ0v) is 10.8. The molecule has 94 valence electrons. The van der Waals surface area contributed by atoms with Gasteiger partial charge in [0.25, 0.3) is 0 Å². The molecule has 0 amide bonds. The minimum atomic E-state index is -0.0232. The summed E-state index contributed by atoms with van der Waals surface area (Å²) in [6.45, 7) is 4.55. The Morgan fingerprint density at radius 2 is 2.12 bits per heavy atom. The van der Waals surface area contributed by atoms with Gasteiger partial charge in [-0.15, -0.1) is 0 Å². The topological polar surface area (TPSA) is 70.6 Å². The van der Waals surface area contributed by atoms with Gasteiger partial charge in [-0.3, -0.25) is 0 Å². The van der Waals surface area contributed by atoms with Crippen molar-refractivity contribution in [3.05, 3.63) is 34.9 Å². The van der Waals surface area contributed by atoms with Crippen LogP contribution in [0.4, 0.5) is 0 Å². The van der Waals surface area contributed by atoms with Gasteiger partial charge in [-0.05, 0) is 18.6 Å². The molecule has 1 aromatic carbocycles. The van der Waals surface area contributed by atoms with Gasteiger partial charge in [-0.25, -0.2) is 0 Å². The van der Waals surface area contributed by atoms with Crippen molar-refractivity contribution in [3.8, 4) is 0 Å². The number of benzene rings is 1. The van der Waals surface area contributed by atoms with Crippen molar-refractivity contribution < 1.29 is 5.21 Å². The fourth-order valence-corrected chi connectivity index (χ4v) is 1.79. The van der Waals surface area contributed by atoms with Crippen LogP contribution >= 0.6 is 11.6 Å². The third kappa shape index (κ3) is 3.91. The molecular weight excluding hydrogens is 238 g/mol. The fourth-order valence-electron chi connectivity index (χ4n) is 1.49. The van der Waals surface area contributed by atoms with E-state index in [1.54, 1.807) is 0 Å². The number of nitrogens with one attached hydrogen (secondary N) is 1. The van der Waals surface area contributed by atoms with Gasteiger partial charge in [-0.2, -0.15) is 0 Å². The van der Waals surface area contributed by atoms with Crippen LogP contribution in [0.15, 0.2) is 29.4 Å². The average molecular weight is 256 g/mol. The molecule has 0 aliphatic rings. The number of nitrogens with two attached hydrogens (primary N) is 1. The summed E-state index contributed by atoms with van der Waals surface area (Å²) in [6.07, 6.45) is 0. The lowest BCUT2D eigenvalue weighted by Gasteiger charge is -2.18. The predicted molar refractivity (Wildman–Crippen MR) is 70.4 cm³/mol. The van der Waals surface area contributed by atoms with Gasteiger partial charge in [0, 0.05) is 23.5 Å². The number of halogens is 1. The minimum Gasteiger partial charge on any atom is -0.409 e. The normalized spacial score (nSPS) is 15.6. The molecule has 0 spiro atoms. The van der Waals surface area contributed by atoms with Crippen molar-refractivity contribution in [2.45, 2.75) is 19.9 Å². The van der Waals surface area contributed by atoms with Crippen LogP contribution in [0.3, 0.4) is 0 Å². The molecule has 0 radical (unpaired) electrons. The maximum Gasteiger partial charge on any atom is 0.143 e. The van der Waals surface area contributed by atoms with Crippen LogP contribution in [0.1, 0.15) is 25.5 Å². The van der Waals surface area contributed by atoms with Crippen molar-refractivity contribution in [1.29, 1.82) is 0 Å². The van der Waals surface area contributed by atoms with Gasteiger partial charge in [0.15, 0.2) is 0 Å². The lowest BCUT2D eigenvalue weighted by molar-refractivity contribution is 0.313. The molecule has 0 aliphatic heterocycles. The molecule has 4 N–H and O–H groups in total. The Labute approximate surface area is 106 Å². The first-order chi connectivity index (χ1) is 8.06. The van der Waals surface area contributed by atoms with E-state index in [1.165, 1.54) is 0 Å². The highest BCUT2D eigenvalue weighted by Crippen LogP contribution is 2.22. The van der Waals surface area contributed by atoms with Crippen molar-refractivity contribution in [3.63, 3.8) is 0 Å². The Morgan fingerprint density at radius 3 is 2.71 bits per heavy atom. The van der Waals surface area contributed by atoms with Crippen molar-refractivity contribution in [2.75, 3.05) is 6.54 Å². The van der Waals surface area contributed by atoms with Crippen LogP contribution in [-0.2, 0) is 0 Å². The molecule has 1 rings (SSSR count). The predicted octanol–water partition coefficient (Wildman–Crippen LogP) is 2.37. The highest BCUT2D eigenvalue weighted by Gasteiger charge is 2.12. The summed E-state index contributed by atoms with van der Waals surface area (Å²) in [5.41, 5.74) is 6.55. The first kappa shape index (κ1) is 13.8. The molecule has 0 aromatic heterocycles. The Morgan fingerprint density at radius 1 is 1.47 bits per heavy atom. The van der Waals surface area contributed by atoms with E-state index in [9.17, 15) is 0 Å². The molecular formula is C12H18ClN3O. The maximum absolute atomic E-state index is 8.55. The monoisotopic (exact) mass is 255 g/mol. The number of rotatable bonds is 5. The van der Waals surface area contributed by atoms with Crippen LogP contribution in [0.5, 0.6) is 0 Å². The third-order valence-corrected chi connectivity index (χ3v) is 3.07. The molecule has 0 saturated heterocycles. The second-order valence-corrected chi connectivity index (χ2v) is 4.48. The number of nitrogens with zero attached hydrogens (tertiary/aromatic N) is 1. The second kappa shape index (κ2) is 6.47. The SMILES string of the molecule is CC(CNC(C)c1ccccc1Cl)C(N)=NO. The largest absolute Gasteiger partial charge is 0.409 e. The van der Waals surface area contributed by atoms with E-state index >= 15 is 0 Å². The summed E-state index contributed by atoms with van der Waals surface area (Å²) >= 11 is 6.10. The summed E-state index contributed by atoms with van der Waals surface area (Å²) in [5.74, 6) is 0.203. The summed E-state index contributed by atoms with van der Waals surface area (Å²) < 4.78 is 0. The van der Waals surface area contributed by atoms with Gasteiger partial charge in [-0.1, -0.05) is 41.9 Å². The molecule has 0 aliphatic carbocycles. The molecule has 0 saturated carbocycles. The standard InChI is InChI=1S/C12H18ClN3O/c1-8(12(14)16-17)7-15-9(2)10-5-3-4-6-11(10)13/h3-6,8-9,15,17H,7H2,1-2H3,(H2,14,16). The van der Waals surface area contributed by atoms with Gasteiger partial charge in [0.2, 0.25) is 0 Å².